The minimum atomic E-state index is -4.02. The molecule has 0 aromatic heterocycles. The number of nitrogens with one attached hydrogen (secondary N) is 2. The van der Waals surface area contributed by atoms with Gasteiger partial charge in [-0.3, -0.25) is 4.79 Å². The number of sulfonamides is 1. The summed E-state index contributed by atoms with van der Waals surface area (Å²) in [5, 5.41) is 11.4. The van der Waals surface area contributed by atoms with Crippen LogP contribution < -0.4 is 10.0 Å². The standard InChI is InChI=1S/C11H11ClN2O5S/c12-9-3-1-2-8(6-9)4-5-20(18,19)14-11(17)13-7-10(15)16/h1-6H,7H2,(H,15,16)(H2,13,14,17). The molecule has 108 valence electrons. The van der Waals surface area contributed by atoms with Crippen molar-refractivity contribution in [2.75, 3.05) is 6.54 Å². The minimum Gasteiger partial charge on any atom is -0.480 e. The van der Waals surface area contributed by atoms with Crippen molar-refractivity contribution in [2.24, 2.45) is 0 Å². The molecule has 0 aliphatic heterocycles. The van der Waals surface area contributed by atoms with Crippen LogP contribution in [0.5, 0.6) is 0 Å². The first-order chi connectivity index (χ1) is 9.28. The molecule has 7 nitrogen and oxygen atoms in total. The number of carboxylic acids is 1. The fourth-order valence-electron chi connectivity index (χ4n) is 1.13. The smallest absolute Gasteiger partial charge is 0.329 e. The molecule has 1 rings (SSSR count). The van der Waals surface area contributed by atoms with Crippen molar-refractivity contribution in [3.63, 3.8) is 0 Å². The van der Waals surface area contributed by atoms with E-state index >= 15 is 0 Å². The maximum Gasteiger partial charge on any atom is 0.329 e. The number of hydrogen-bond acceptors (Lipinski definition) is 4. The summed E-state index contributed by atoms with van der Waals surface area (Å²) in [6.07, 6.45) is 1.25. The molecule has 0 heterocycles. The maximum atomic E-state index is 11.5. The monoisotopic (exact) mass is 318 g/mol. The van der Waals surface area contributed by atoms with E-state index < -0.39 is 28.6 Å². The van der Waals surface area contributed by atoms with Crippen molar-refractivity contribution in [1.82, 2.24) is 10.0 Å². The Hall–Kier alpha value is -2.06. The molecule has 0 bridgehead atoms. The molecule has 1 aromatic carbocycles. The highest BCUT2D eigenvalue weighted by Crippen LogP contribution is 2.12. The van der Waals surface area contributed by atoms with Gasteiger partial charge in [0.05, 0.1) is 5.41 Å². The van der Waals surface area contributed by atoms with Crippen molar-refractivity contribution in [3.8, 4) is 0 Å². The number of carbonyl (C=O) groups excluding carboxylic acids is 1. The predicted octanol–water partition coefficient (Wildman–Crippen LogP) is 1.02. The number of amides is 2. The highest BCUT2D eigenvalue weighted by Gasteiger charge is 2.11. The largest absolute Gasteiger partial charge is 0.480 e. The highest BCUT2D eigenvalue weighted by molar-refractivity contribution is 7.93. The lowest BCUT2D eigenvalue weighted by Gasteiger charge is -2.03. The molecule has 0 aliphatic rings. The third-order valence-corrected chi connectivity index (χ3v) is 3.12. The Morgan fingerprint density at radius 1 is 1.35 bits per heavy atom. The van der Waals surface area contributed by atoms with Crippen molar-refractivity contribution >= 4 is 39.7 Å². The number of urea groups is 1. The SMILES string of the molecule is O=C(O)CNC(=O)NS(=O)(=O)C=Cc1cccc(Cl)c1. The van der Waals surface area contributed by atoms with Gasteiger partial charge in [-0.15, -0.1) is 0 Å². The van der Waals surface area contributed by atoms with Gasteiger partial charge in [0.1, 0.15) is 6.54 Å². The Balaban J connectivity index is 2.65. The molecular weight excluding hydrogens is 308 g/mol. The van der Waals surface area contributed by atoms with E-state index in [1.807, 2.05) is 5.32 Å². The van der Waals surface area contributed by atoms with Crippen LogP contribution in [0.4, 0.5) is 4.79 Å². The molecule has 0 fully saturated rings. The van der Waals surface area contributed by atoms with Gasteiger partial charge in [0, 0.05) is 5.02 Å². The number of hydrogen-bond donors (Lipinski definition) is 3. The topological polar surface area (TPSA) is 113 Å². The molecule has 1 aromatic rings. The second-order valence-electron chi connectivity index (χ2n) is 3.58. The zero-order chi connectivity index (χ0) is 15.2. The molecule has 0 radical (unpaired) electrons. The molecular formula is C11H11ClN2O5S. The van der Waals surface area contributed by atoms with Crippen molar-refractivity contribution in [2.45, 2.75) is 0 Å². The van der Waals surface area contributed by atoms with E-state index in [-0.39, 0.29) is 0 Å². The lowest BCUT2D eigenvalue weighted by molar-refractivity contribution is -0.135. The predicted molar refractivity (Wildman–Crippen MR) is 73.6 cm³/mol. The van der Waals surface area contributed by atoms with Gasteiger partial charge in [-0.25, -0.2) is 17.9 Å². The average molecular weight is 319 g/mol. The van der Waals surface area contributed by atoms with Crippen molar-refractivity contribution < 1.29 is 23.1 Å². The molecule has 2 amide bonds. The quantitative estimate of drug-likeness (QED) is 0.750. The van der Waals surface area contributed by atoms with Gasteiger partial charge in [0.25, 0.3) is 10.0 Å². The molecule has 0 saturated heterocycles. The molecule has 0 atom stereocenters. The maximum absolute atomic E-state index is 11.5. The molecule has 0 aliphatic carbocycles. The number of carbonyl (C=O) groups is 2. The van der Waals surface area contributed by atoms with Crippen LogP contribution in [0.15, 0.2) is 29.7 Å². The molecule has 0 unspecified atom stereocenters. The number of benzene rings is 1. The van der Waals surface area contributed by atoms with Gasteiger partial charge in [-0.1, -0.05) is 23.7 Å². The second kappa shape index (κ2) is 6.92. The summed E-state index contributed by atoms with van der Waals surface area (Å²) >= 11 is 5.73. The van der Waals surface area contributed by atoms with E-state index in [9.17, 15) is 18.0 Å². The number of halogens is 1. The van der Waals surface area contributed by atoms with E-state index in [1.54, 1.807) is 22.9 Å². The van der Waals surface area contributed by atoms with E-state index in [2.05, 4.69) is 0 Å². The van der Waals surface area contributed by atoms with E-state index in [0.717, 1.165) is 5.41 Å². The Kier molecular flexibility index (Phi) is 5.53. The summed E-state index contributed by atoms with van der Waals surface area (Å²) in [4.78, 5) is 21.3. The van der Waals surface area contributed by atoms with Crippen LogP contribution in [0.25, 0.3) is 6.08 Å². The fourth-order valence-corrected chi connectivity index (χ4v) is 2.07. The summed E-state index contributed by atoms with van der Waals surface area (Å²) in [6.45, 7) is -0.681. The van der Waals surface area contributed by atoms with Gasteiger partial charge in [-0.05, 0) is 23.8 Å². The van der Waals surface area contributed by atoms with E-state index in [0.29, 0.717) is 10.6 Å². The van der Waals surface area contributed by atoms with E-state index in [1.165, 1.54) is 12.1 Å². The van der Waals surface area contributed by atoms with E-state index in [4.69, 9.17) is 16.7 Å². The summed E-state index contributed by atoms with van der Waals surface area (Å²) in [5.41, 5.74) is 0.536. The van der Waals surface area contributed by atoms with Gasteiger partial charge >= 0.3 is 12.0 Å². The number of rotatable bonds is 5. The van der Waals surface area contributed by atoms with Gasteiger partial charge < -0.3 is 10.4 Å². The second-order valence-corrected chi connectivity index (χ2v) is 5.58. The van der Waals surface area contributed by atoms with Crippen molar-refractivity contribution in [3.05, 3.63) is 40.3 Å². The first kappa shape index (κ1) is 16.0. The van der Waals surface area contributed by atoms with Gasteiger partial charge in [-0.2, -0.15) is 0 Å². The van der Waals surface area contributed by atoms with Gasteiger partial charge in [0.15, 0.2) is 0 Å². The molecule has 3 N–H and O–H groups in total. The van der Waals surface area contributed by atoms with Crippen molar-refractivity contribution in [1.29, 1.82) is 0 Å². The zero-order valence-corrected chi connectivity index (χ0v) is 11.6. The fraction of sp³-hybridized carbons (Fsp3) is 0.0909. The van der Waals surface area contributed by atoms with Crippen LogP contribution in [-0.2, 0) is 14.8 Å². The average Bonchev–Trinajstić information content (AvgIpc) is 2.34. The Bertz CT molecular complexity index is 642. The third kappa shape index (κ3) is 6.21. The summed E-state index contributed by atoms with van der Waals surface area (Å²) < 4.78 is 24.6. The summed E-state index contributed by atoms with van der Waals surface area (Å²) in [5.74, 6) is -1.29. The highest BCUT2D eigenvalue weighted by atomic mass is 35.5. The third-order valence-electron chi connectivity index (χ3n) is 1.92. The van der Waals surface area contributed by atoms with Crippen LogP contribution >= 0.6 is 11.6 Å². The van der Waals surface area contributed by atoms with Crippen LogP contribution in [-0.4, -0.2) is 32.1 Å². The first-order valence-corrected chi connectivity index (χ1v) is 7.17. The number of aliphatic carboxylic acids is 1. The summed E-state index contributed by atoms with van der Waals surface area (Å²) in [6, 6.07) is 5.32. The van der Waals surface area contributed by atoms with Crippen LogP contribution in [0.3, 0.4) is 0 Å². The Morgan fingerprint density at radius 3 is 2.65 bits per heavy atom. The summed E-state index contributed by atoms with van der Waals surface area (Å²) in [7, 11) is -4.02. The zero-order valence-electron chi connectivity index (χ0n) is 10.0. The Labute approximate surface area is 120 Å². The molecule has 9 heteroatoms. The molecule has 20 heavy (non-hydrogen) atoms. The van der Waals surface area contributed by atoms with Crippen LogP contribution in [0.1, 0.15) is 5.56 Å². The lowest BCUT2D eigenvalue weighted by Crippen LogP contribution is -2.40. The molecule has 0 spiro atoms. The molecule has 0 saturated carbocycles. The van der Waals surface area contributed by atoms with Crippen LogP contribution in [0.2, 0.25) is 5.02 Å². The first-order valence-electron chi connectivity index (χ1n) is 5.24. The normalized spacial score (nSPS) is 11.2. The van der Waals surface area contributed by atoms with Crippen LogP contribution in [0, 0.1) is 0 Å². The lowest BCUT2D eigenvalue weighted by atomic mass is 10.2. The Morgan fingerprint density at radius 2 is 2.05 bits per heavy atom. The number of carboxylic acid groups (broad SMARTS) is 1. The minimum absolute atomic E-state index is 0.441. The van der Waals surface area contributed by atoms with Gasteiger partial charge in [0.2, 0.25) is 0 Å².